The van der Waals surface area contributed by atoms with E-state index >= 15 is 0 Å². The predicted molar refractivity (Wildman–Crippen MR) is 89.2 cm³/mol. The fourth-order valence-electron chi connectivity index (χ4n) is 2.71. The van der Waals surface area contributed by atoms with Gasteiger partial charge in [0.05, 0.1) is 28.4 Å². The fourth-order valence-corrected chi connectivity index (χ4v) is 2.71. The average Bonchev–Trinajstić information content (AvgIpc) is 2.55. The Morgan fingerprint density at radius 1 is 0.739 bits per heavy atom. The van der Waals surface area contributed by atoms with Crippen LogP contribution >= 0.6 is 0 Å². The standard InChI is InChI=1S/C18H22O5/c1-10-7-12(16(19)13(8-10)20-3)15-11(2)9-14(21-4)17(22-5)18(15)23-6/h7-9,19H,1-6H3. The van der Waals surface area contributed by atoms with Gasteiger partial charge in [-0.1, -0.05) is 0 Å². The maximum Gasteiger partial charge on any atom is 0.203 e. The summed E-state index contributed by atoms with van der Waals surface area (Å²) in [6.07, 6.45) is 0. The Hall–Kier alpha value is -2.56. The summed E-state index contributed by atoms with van der Waals surface area (Å²) < 4.78 is 21.6. The van der Waals surface area contributed by atoms with Gasteiger partial charge in [-0.2, -0.15) is 0 Å². The topological polar surface area (TPSA) is 57.2 Å². The molecule has 2 aromatic rings. The van der Waals surface area contributed by atoms with Crippen LogP contribution < -0.4 is 18.9 Å². The molecule has 0 fully saturated rings. The van der Waals surface area contributed by atoms with Gasteiger partial charge in [0.15, 0.2) is 23.0 Å². The van der Waals surface area contributed by atoms with Crippen molar-refractivity contribution in [2.45, 2.75) is 13.8 Å². The smallest absolute Gasteiger partial charge is 0.203 e. The summed E-state index contributed by atoms with van der Waals surface area (Å²) in [4.78, 5) is 0. The maximum atomic E-state index is 10.5. The van der Waals surface area contributed by atoms with Crippen LogP contribution in [0.1, 0.15) is 11.1 Å². The molecule has 5 nitrogen and oxygen atoms in total. The molecule has 5 heteroatoms. The fraction of sp³-hybridized carbons (Fsp3) is 0.333. The molecule has 1 N–H and O–H groups in total. The van der Waals surface area contributed by atoms with Crippen LogP contribution in [-0.2, 0) is 0 Å². The lowest BCUT2D eigenvalue weighted by molar-refractivity contribution is 0.324. The number of benzene rings is 2. The first-order chi connectivity index (χ1) is 11.0. The molecule has 0 amide bonds. The van der Waals surface area contributed by atoms with Crippen LogP contribution in [0.5, 0.6) is 28.7 Å². The number of hydrogen-bond acceptors (Lipinski definition) is 5. The zero-order valence-electron chi connectivity index (χ0n) is 14.3. The maximum absolute atomic E-state index is 10.5. The van der Waals surface area contributed by atoms with Crippen molar-refractivity contribution in [2.24, 2.45) is 0 Å². The van der Waals surface area contributed by atoms with Crippen molar-refractivity contribution in [1.82, 2.24) is 0 Å². The second-order valence-corrected chi connectivity index (χ2v) is 5.20. The predicted octanol–water partition coefficient (Wildman–Crippen LogP) is 3.71. The summed E-state index contributed by atoms with van der Waals surface area (Å²) in [5.74, 6) is 2.04. The lowest BCUT2D eigenvalue weighted by Gasteiger charge is -2.20. The average molecular weight is 318 g/mol. The second kappa shape index (κ2) is 6.69. The zero-order valence-corrected chi connectivity index (χ0v) is 14.3. The first-order valence-corrected chi connectivity index (χ1v) is 7.16. The van der Waals surface area contributed by atoms with Gasteiger partial charge in [0.2, 0.25) is 5.75 Å². The number of aromatic hydroxyl groups is 1. The third-order valence-corrected chi connectivity index (χ3v) is 3.74. The summed E-state index contributed by atoms with van der Waals surface area (Å²) in [6.45, 7) is 3.86. The normalized spacial score (nSPS) is 10.3. The molecule has 2 aromatic carbocycles. The molecule has 0 heterocycles. The van der Waals surface area contributed by atoms with Crippen molar-refractivity contribution < 1.29 is 24.1 Å². The van der Waals surface area contributed by atoms with Gasteiger partial charge in [-0.3, -0.25) is 0 Å². The molecule has 0 unspecified atom stereocenters. The third-order valence-electron chi connectivity index (χ3n) is 3.74. The van der Waals surface area contributed by atoms with E-state index in [1.165, 1.54) is 7.11 Å². The van der Waals surface area contributed by atoms with E-state index in [4.69, 9.17) is 18.9 Å². The van der Waals surface area contributed by atoms with Crippen LogP contribution in [0.15, 0.2) is 18.2 Å². The molecule has 0 spiro atoms. The van der Waals surface area contributed by atoms with Gasteiger partial charge in [0.1, 0.15) is 0 Å². The van der Waals surface area contributed by atoms with Crippen LogP contribution in [0.25, 0.3) is 11.1 Å². The summed E-state index contributed by atoms with van der Waals surface area (Å²) in [5, 5.41) is 10.5. The molecule has 0 aliphatic carbocycles. The number of ether oxygens (including phenoxy) is 4. The quantitative estimate of drug-likeness (QED) is 0.910. The van der Waals surface area contributed by atoms with E-state index < -0.39 is 0 Å². The van der Waals surface area contributed by atoms with E-state index in [-0.39, 0.29) is 5.75 Å². The number of phenols is 1. The second-order valence-electron chi connectivity index (χ2n) is 5.20. The van der Waals surface area contributed by atoms with E-state index in [9.17, 15) is 5.11 Å². The van der Waals surface area contributed by atoms with Crippen LogP contribution in [0.4, 0.5) is 0 Å². The Bertz CT molecular complexity index is 722. The molecule has 2 rings (SSSR count). The highest BCUT2D eigenvalue weighted by Gasteiger charge is 2.23. The Labute approximate surface area is 136 Å². The highest BCUT2D eigenvalue weighted by Crippen LogP contribution is 2.50. The molecule has 0 aliphatic rings. The number of hydrogen-bond donors (Lipinski definition) is 1. The van der Waals surface area contributed by atoms with Gasteiger partial charge < -0.3 is 24.1 Å². The zero-order chi connectivity index (χ0) is 17.1. The summed E-state index contributed by atoms with van der Waals surface area (Å²) in [7, 11) is 6.21. The molecule has 0 bridgehead atoms. The minimum Gasteiger partial charge on any atom is -0.504 e. The van der Waals surface area contributed by atoms with Crippen LogP contribution in [0, 0.1) is 13.8 Å². The first-order valence-electron chi connectivity index (χ1n) is 7.16. The van der Waals surface area contributed by atoms with Gasteiger partial charge in [-0.05, 0) is 43.2 Å². The van der Waals surface area contributed by atoms with E-state index in [2.05, 4.69) is 0 Å². The molecule has 0 radical (unpaired) electrons. The first kappa shape index (κ1) is 16.8. The van der Waals surface area contributed by atoms with E-state index in [0.717, 1.165) is 16.7 Å². The minimum absolute atomic E-state index is 0.0618. The molecular weight excluding hydrogens is 296 g/mol. The summed E-state index contributed by atoms with van der Waals surface area (Å²) >= 11 is 0. The summed E-state index contributed by atoms with van der Waals surface area (Å²) in [6, 6.07) is 5.51. The molecule has 0 saturated carbocycles. The Morgan fingerprint density at radius 3 is 1.87 bits per heavy atom. The highest BCUT2D eigenvalue weighted by molar-refractivity contribution is 5.84. The van der Waals surface area contributed by atoms with E-state index in [1.807, 2.05) is 26.0 Å². The Morgan fingerprint density at radius 2 is 1.35 bits per heavy atom. The van der Waals surface area contributed by atoms with Gasteiger partial charge >= 0.3 is 0 Å². The Kier molecular flexibility index (Phi) is 4.89. The molecule has 23 heavy (non-hydrogen) atoms. The molecule has 0 aromatic heterocycles. The SMILES string of the molecule is COc1cc(C)cc(-c2c(C)cc(OC)c(OC)c2OC)c1O. The van der Waals surface area contributed by atoms with Crippen LogP contribution in [-0.4, -0.2) is 33.5 Å². The van der Waals surface area contributed by atoms with Crippen molar-refractivity contribution in [3.05, 3.63) is 29.3 Å². The molecular formula is C18H22O5. The van der Waals surface area contributed by atoms with Crippen molar-refractivity contribution >= 4 is 0 Å². The van der Waals surface area contributed by atoms with E-state index in [0.29, 0.717) is 28.6 Å². The van der Waals surface area contributed by atoms with E-state index in [1.54, 1.807) is 27.4 Å². The lowest BCUT2D eigenvalue weighted by Crippen LogP contribution is -2.00. The van der Waals surface area contributed by atoms with Crippen molar-refractivity contribution in [3.63, 3.8) is 0 Å². The Balaban J connectivity index is 2.86. The van der Waals surface area contributed by atoms with Crippen LogP contribution in [0.2, 0.25) is 0 Å². The third kappa shape index (κ3) is 2.86. The number of aryl methyl sites for hydroxylation is 2. The van der Waals surface area contributed by atoms with Crippen molar-refractivity contribution in [3.8, 4) is 39.9 Å². The monoisotopic (exact) mass is 318 g/mol. The van der Waals surface area contributed by atoms with Crippen molar-refractivity contribution in [1.29, 1.82) is 0 Å². The summed E-state index contributed by atoms with van der Waals surface area (Å²) in [5.41, 5.74) is 3.22. The minimum atomic E-state index is 0.0618. The van der Waals surface area contributed by atoms with Gasteiger partial charge in [-0.25, -0.2) is 0 Å². The lowest BCUT2D eigenvalue weighted by atomic mass is 9.95. The largest absolute Gasteiger partial charge is 0.504 e. The molecule has 0 atom stereocenters. The number of phenolic OH excluding ortho intramolecular Hbond substituents is 1. The number of rotatable bonds is 5. The van der Waals surface area contributed by atoms with Gasteiger partial charge in [-0.15, -0.1) is 0 Å². The number of methoxy groups -OCH3 is 4. The van der Waals surface area contributed by atoms with Crippen molar-refractivity contribution in [2.75, 3.05) is 28.4 Å². The van der Waals surface area contributed by atoms with Gasteiger partial charge in [0.25, 0.3) is 0 Å². The molecule has 0 aliphatic heterocycles. The highest BCUT2D eigenvalue weighted by atomic mass is 16.5. The molecule has 0 saturated heterocycles. The van der Waals surface area contributed by atoms with Gasteiger partial charge in [0, 0.05) is 11.1 Å². The van der Waals surface area contributed by atoms with Crippen LogP contribution in [0.3, 0.4) is 0 Å². The molecule has 124 valence electrons.